The molecule has 0 unspecified atom stereocenters. The van der Waals surface area contributed by atoms with E-state index in [1.54, 1.807) is 6.20 Å². The number of aromatic nitrogens is 2. The summed E-state index contributed by atoms with van der Waals surface area (Å²) >= 11 is 2.28. The lowest BCUT2D eigenvalue weighted by molar-refractivity contribution is -0.365. The SMILES string of the molecule is Ic1cccnc1-c1cccc[nH+]1.[I-]. The fourth-order valence-electron chi connectivity index (χ4n) is 1.12. The fourth-order valence-corrected chi connectivity index (χ4v) is 1.76. The van der Waals surface area contributed by atoms with Gasteiger partial charge in [0.05, 0.1) is 0 Å². The molecule has 0 aromatic carbocycles. The van der Waals surface area contributed by atoms with Crippen LogP contribution in [0.2, 0.25) is 0 Å². The minimum atomic E-state index is 0. The molecule has 0 aliphatic carbocycles. The quantitative estimate of drug-likeness (QED) is 0.565. The summed E-state index contributed by atoms with van der Waals surface area (Å²) in [5, 5.41) is 0. The topological polar surface area (TPSA) is 27.0 Å². The van der Waals surface area contributed by atoms with Gasteiger partial charge < -0.3 is 24.0 Å². The molecule has 0 bridgehead atoms. The predicted octanol–water partition coefficient (Wildman–Crippen LogP) is -0.829. The summed E-state index contributed by atoms with van der Waals surface area (Å²) in [6.07, 6.45) is 3.71. The minimum Gasteiger partial charge on any atom is -1.00 e. The monoisotopic (exact) mass is 410 g/mol. The molecule has 2 rings (SSSR count). The van der Waals surface area contributed by atoms with Gasteiger partial charge >= 0.3 is 0 Å². The Bertz CT molecular complexity index is 404. The van der Waals surface area contributed by atoms with Gasteiger partial charge in [0.1, 0.15) is 5.69 Å². The average Bonchev–Trinajstić information content (AvgIpc) is 2.20. The van der Waals surface area contributed by atoms with E-state index in [0.29, 0.717) is 0 Å². The molecular weight excluding hydrogens is 402 g/mol. The van der Waals surface area contributed by atoms with E-state index in [1.165, 1.54) is 0 Å². The van der Waals surface area contributed by atoms with Crippen molar-refractivity contribution >= 4 is 22.6 Å². The highest BCUT2D eigenvalue weighted by Crippen LogP contribution is 2.17. The number of pyridine rings is 2. The lowest BCUT2D eigenvalue weighted by Gasteiger charge is -1.96. The van der Waals surface area contributed by atoms with Gasteiger partial charge in [0.15, 0.2) is 6.20 Å². The number of hydrogen-bond acceptors (Lipinski definition) is 1. The van der Waals surface area contributed by atoms with Crippen molar-refractivity contribution in [2.45, 2.75) is 0 Å². The van der Waals surface area contributed by atoms with Crippen LogP contribution < -0.4 is 29.0 Å². The number of rotatable bonds is 1. The predicted molar refractivity (Wildman–Crippen MR) is 58.9 cm³/mol. The number of H-pyrrole nitrogens is 1. The van der Waals surface area contributed by atoms with Gasteiger partial charge in [-0.3, -0.25) is 0 Å². The van der Waals surface area contributed by atoms with E-state index in [1.807, 2.05) is 36.5 Å². The molecule has 14 heavy (non-hydrogen) atoms. The van der Waals surface area contributed by atoms with Crippen LogP contribution in [0.25, 0.3) is 11.4 Å². The number of hydrogen-bond donors (Lipinski definition) is 0. The van der Waals surface area contributed by atoms with Crippen LogP contribution >= 0.6 is 22.6 Å². The number of halogens is 2. The smallest absolute Gasteiger partial charge is 0.230 e. The van der Waals surface area contributed by atoms with Crippen LogP contribution in [0.5, 0.6) is 0 Å². The van der Waals surface area contributed by atoms with Gasteiger partial charge in [-0.2, -0.15) is 0 Å². The molecule has 0 amide bonds. The molecule has 0 aliphatic rings. The summed E-state index contributed by atoms with van der Waals surface area (Å²) in [6.45, 7) is 0. The molecule has 2 aromatic rings. The van der Waals surface area contributed by atoms with E-state index in [2.05, 4.69) is 32.6 Å². The summed E-state index contributed by atoms with van der Waals surface area (Å²) in [6, 6.07) is 9.96. The van der Waals surface area contributed by atoms with Crippen LogP contribution in [0.1, 0.15) is 0 Å². The van der Waals surface area contributed by atoms with Gasteiger partial charge in [-0.15, -0.1) is 0 Å². The Morgan fingerprint density at radius 2 is 2.00 bits per heavy atom. The van der Waals surface area contributed by atoms with Crippen LogP contribution in [-0.2, 0) is 0 Å². The van der Waals surface area contributed by atoms with Crippen LogP contribution in [-0.4, -0.2) is 4.98 Å². The Hall–Kier alpha value is -0.240. The molecule has 4 heteroatoms. The second-order valence-electron chi connectivity index (χ2n) is 2.61. The van der Waals surface area contributed by atoms with Gasteiger partial charge in [0.25, 0.3) is 0 Å². The molecule has 2 heterocycles. The third-order valence-corrected chi connectivity index (χ3v) is 2.59. The van der Waals surface area contributed by atoms with Crippen molar-refractivity contribution in [1.29, 1.82) is 0 Å². The van der Waals surface area contributed by atoms with Crippen molar-refractivity contribution in [3.63, 3.8) is 0 Å². The Morgan fingerprint density at radius 3 is 2.64 bits per heavy atom. The molecule has 0 aliphatic heterocycles. The van der Waals surface area contributed by atoms with E-state index < -0.39 is 0 Å². The maximum atomic E-state index is 4.31. The van der Waals surface area contributed by atoms with Crippen molar-refractivity contribution in [3.8, 4) is 11.4 Å². The first-order valence-corrected chi connectivity index (χ1v) is 5.03. The molecule has 0 saturated carbocycles. The normalized spacial score (nSPS) is 9.21. The van der Waals surface area contributed by atoms with Gasteiger partial charge in [0, 0.05) is 21.9 Å². The van der Waals surface area contributed by atoms with Gasteiger partial charge in [-0.1, -0.05) is 0 Å². The van der Waals surface area contributed by atoms with E-state index in [4.69, 9.17) is 0 Å². The molecule has 72 valence electrons. The minimum absolute atomic E-state index is 0. The summed E-state index contributed by atoms with van der Waals surface area (Å²) in [4.78, 5) is 7.47. The number of aromatic amines is 1. The fraction of sp³-hybridized carbons (Fsp3) is 0. The zero-order valence-electron chi connectivity index (χ0n) is 7.24. The van der Waals surface area contributed by atoms with Crippen LogP contribution in [0.4, 0.5) is 0 Å². The third-order valence-electron chi connectivity index (χ3n) is 1.72. The highest BCUT2D eigenvalue weighted by atomic mass is 127. The molecule has 0 radical (unpaired) electrons. The molecule has 2 aromatic heterocycles. The Balaban J connectivity index is 0.000000980. The van der Waals surface area contributed by atoms with Gasteiger partial charge in [-0.05, 0) is 40.8 Å². The molecule has 0 saturated heterocycles. The van der Waals surface area contributed by atoms with Crippen molar-refractivity contribution in [1.82, 2.24) is 4.98 Å². The maximum absolute atomic E-state index is 4.31. The summed E-state index contributed by atoms with van der Waals surface area (Å²) in [5.74, 6) is 0. The van der Waals surface area contributed by atoms with Crippen molar-refractivity contribution < 1.29 is 29.0 Å². The lowest BCUT2D eigenvalue weighted by Crippen LogP contribution is -3.00. The van der Waals surface area contributed by atoms with Crippen LogP contribution in [0.15, 0.2) is 42.7 Å². The molecule has 0 atom stereocenters. The van der Waals surface area contributed by atoms with Crippen LogP contribution in [0.3, 0.4) is 0 Å². The standard InChI is InChI=1S/C10H7IN2.HI/c11-8-4-3-7-13-10(8)9-5-1-2-6-12-9;/h1-7H;1H. The number of nitrogens with one attached hydrogen (secondary N) is 1. The molecule has 0 fully saturated rings. The summed E-state index contributed by atoms with van der Waals surface area (Å²) in [7, 11) is 0. The first-order chi connectivity index (χ1) is 6.38. The second-order valence-corrected chi connectivity index (χ2v) is 3.77. The Kier molecular flexibility index (Phi) is 4.73. The van der Waals surface area contributed by atoms with Gasteiger partial charge in [0.2, 0.25) is 5.69 Å². The second kappa shape index (κ2) is 5.59. The van der Waals surface area contributed by atoms with E-state index in [-0.39, 0.29) is 24.0 Å². The lowest BCUT2D eigenvalue weighted by atomic mass is 10.2. The molecule has 0 spiro atoms. The average molecular weight is 410 g/mol. The third kappa shape index (κ3) is 2.63. The summed E-state index contributed by atoms with van der Waals surface area (Å²) < 4.78 is 1.16. The Labute approximate surface area is 113 Å². The van der Waals surface area contributed by atoms with Crippen LogP contribution in [0, 0.1) is 3.57 Å². The largest absolute Gasteiger partial charge is 1.00 e. The highest BCUT2D eigenvalue weighted by Gasteiger charge is 2.08. The first-order valence-electron chi connectivity index (χ1n) is 3.95. The molecular formula is C10H8I2N2. The Morgan fingerprint density at radius 1 is 1.14 bits per heavy atom. The van der Waals surface area contributed by atoms with Crippen molar-refractivity contribution in [3.05, 3.63) is 46.3 Å². The van der Waals surface area contributed by atoms with Gasteiger partial charge in [-0.25, -0.2) is 9.97 Å². The first kappa shape index (κ1) is 11.8. The van der Waals surface area contributed by atoms with E-state index in [9.17, 15) is 0 Å². The van der Waals surface area contributed by atoms with E-state index >= 15 is 0 Å². The molecule has 1 N–H and O–H groups in total. The van der Waals surface area contributed by atoms with E-state index in [0.717, 1.165) is 15.0 Å². The van der Waals surface area contributed by atoms with Crippen molar-refractivity contribution in [2.75, 3.05) is 0 Å². The zero-order valence-corrected chi connectivity index (χ0v) is 11.6. The zero-order chi connectivity index (χ0) is 9.10. The highest BCUT2D eigenvalue weighted by molar-refractivity contribution is 14.1. The molecule has 2 nitrogen and oxygen atoms in total. The number of nitrogens with zero attached hydrogens (tertiary/aromatic N) is 1. The maximum Gasteiger partial charge on any atom is 0.230 e. The van der Waals surface area contributed by atoms with Crippen molar-refractivity contribution in [2.24, 2.45) is 0 Å². The summed E-state index contributed by atoms with van der Waals surface area (Å²) in [5.41, 5.74) is 2.05.